The second-order valence-corrected chi connectivity index (χ2v) is 8.32. The minimum Gasteiger partial charge on any atom is -0.336 e. The van der Waals surface area contributed by atoms with Gasteiger partial charge in [0.2, 0.25) is 15.9 Å². The third kappa shape index (κ3) is 2.91. The van der Waals surface area contributed by atoms with Crippen LogP contribution in [-0.4, -0.2) is 68.4 Å². The molecule has 130 valence electrons. The van der Waals surface area contributed by atoms with Crippen molar-refractivity contribution in [3.8, 4) is 0 Å². The summed E-state index contributed by atoms with van der Waals surface area (Å²) in [5, 5.41) is 0. The van der Waals surface area contributed by atoms with Crippen LogP contribution >= 0.6 is 0 Å². The highest BCUT2D eigenvalue weighted by atomic mass is 32.2. The predicted octanol–water partition coefficient (Wildman–Crippen LogP) is 0.313. The molecule has 0 atom stereocenters. The van der Waals surface area contributed by atoms with E-state index in [0.29, 0.717) is 38.2 Å². The number of rotatable bonds is 3. The van der Waals surface area contributed by atoms with Crippen molar-refractivity contribution in [2.45, 2.75) is 13.3 Å². The molecule has 0 bridgehead atoms. The number of amides is 2. The number of hydrogen-bond donors (Lipinski definition) is 0. The highest BCUT2D eigenvalue weighted by Crippen LogP contribution is 2.28. The van der Waals surface area contributed by atoms with Crippen LogP contribution in [0, 0.1) is 0 Å². The lowest BCUT2D eigenvalue weighted by Crippen LogP contribution is -2.50. The van der Waals surface area contributed by atoms with Crippen molar-refractivity contribution in [2.75, 3.05) is 43.9 Å². The molecule has 0 radical (unpaired) electrons. The fourth-order valence-corrected chi connectivity index (χ4v) is 4.22. The smallest absolute Gasteiger partial charge is 0.253 e. The zero-order valence-electron chi connectivity index (χ0n) is 13.9. The van der Waals surface area contributed by atoms with Crippen molar-refractivity contribution in [3.05, 3.63) is 29.3 Å². The number of nitrogens with zero attached hydrogens (tertiary/aromatic N) is 3. The standard InChI is InChI=1S/C16H21N3O4S/c1-3-24(22,23)19-8-6-18(7-9-19)16(21)12-4-5-14-13(10-12)11-15(20)17(14)2/h4-5,10H,3,6-9,11H2,1-2H3. The highest BCUT2D eigenvalue weighted by Gasteiger charge is 2.29. The molecule has 3 rings (SSSR count). The molecule has 8 heteroatoms. The maximum atomic E-state index is 12.6. The first-order valence-electron chi connectivity index (χ1n) is 8.00. The third-order valence-corrected chi connectivity index (χ3v) is 6.57. The van der Waals surface area contributed by atoms with Gasteiger partial charge in [0, 0.05) is 44.5 Å². The number of carbonyl (C=O) groups is 2. The summed E-state index contributed by atoms with van der Waals surface area (Å²) >= 11 is 0. The average molecular weight is 351 g/mol. The molecule has 2 amide bonds. The Balaban J connectivity index is 1.71. The Bertz CT molecular complexity index is 783. The number of fused-ring (bicyclic) bond motifs is 1. The van der Waals surface area contributed by atoms with E-state index >= 15 is 0 Å². The molecular formula is C16H21N3O4S. The summed E-state index contributed by atoms with van der Waals surface area (Å²) < 4.78 is 25.2. The van der Waals surface area contributed by atoms with Crippen LogP contribution in [0.15, 0.2) is 18.2 Å². The van der Waals surface area contributed by atoms with Gasteiger partial charge < -0.3 is 9.80 Å². The Morgan fingerprint density at radius 2 is 1.83 bits per heavy atom. The van der Waals surface area contributed by atoms with Crippen LogP contribution in [0.5, 0.6) is 0 Å². The number of anilines is 1. The van der Waals surface area contributed by atoms with E-state index < -0.39 is 10.0 Å². The van der Waals surface area contributed by atoms with Gasteiger partial charge in [-0.1, -0.05) is 0 Å². The predicted molar refractivity (Wildman–Crippen MR) is 90.5 cm³/mol. The van der Waals surface area contributed by atoms with E-state index in [9.17, 15) is 18.0 Å². The van der Waals surface area contributed by atoms with Crippen LogP contribution in [-0.2, 0) is 21.2 Å². The van der Waals surface area contributed by atoms with Gasteiger partial charge in [-0.05, 0) is 30.7 Å². The summed E-state index contributed by atoms with van der Waals surface area (Å²) in [5.74, 6) is -0.0193. The first-order chi connectivity index (χ1) is 11.3. The second-order valence-electron chi connectivity index (χ2n) is 6.06. The van der Waals surface area contributed by atoms with Gasteiger partial charge in [-0.15, -0.1) is 0 Å². The monoisotopic (exact) mass is 351 g/mol. The fraction of sp³-hybridized carbons (Fsp3) is 0.500. The molecule has 2 heterocycles. The van der Waals surface area contributed by atoms with Gasteiger partial charge in [-0.2, -0.15) is 4.31 Å². The topological polar surface area (TPSA) is 78.0 Å². The number of hydrogen-bond acceptors (Lipinski definition) is 4. The number of likely N-dealkylation sites (N-methyl/N-ethyl adjacent to an activating group) is 1. The molecule has 0 N–H and O–H groups in total. The molecule has 2 aliphatic heterocycles. The first-order valence-corrected chi connectivity index (χ1v) is 9.61. The quantitative estimate of drug-likeness (QED) is 0.785. The lowest BCUT2D eigenvalue weighted by molar-refractivity contribution is -0.117. The van der Waals surface area contributed by atoms with E-state index in [1.165, 1.54) is 4.31 Å². The van der Waals surface area contributed by atoms with Crippen LogP contribution in [0.1, 0.15) is 22.8 Å². The Labute approximate surface area is 141 Å². The van der Waals surface area contributed by atoms with E-state index in [1.807, 2.05) is 0 Å². The van der Waals surface area contributed by atoms with Crippen LogP contribution in [0.2, 0.25) is 0 Å². The summed E-state index contributed by atoms with van der Waals surface area (Å²) in [6.07, 6.45) is 0.315. The van der Waals surface area contributed by atoms with Crippen molar-refractivity contribution in [1.82, 2.24) is 9.21 Å². The lowest BCUT2D eigenvalue weighted by Gasteiger charge is -2.34. The van der Waals surface area contributed by atoms with Gasteiger partial charge in [0.25, 0.3) is 5.91 Å². The van der Waals surface area contributed by atoms with Gasteiger partial charge in [0.05, 0.1) is 12.2 Å². The Morgan fingerprint density at radius 3 is 2.46 bits per heavy atom. The molecule has 7 nitrogen and oxygen atoms in total. The van der Waals surface area contributed by atoms with E-state index in [-0.39, 0.29) is 17.6 Å². The van der Waals surface area contributed by atoms with Crippen LogP contribution in [0.4, 0.5) is 5.69 Å². The average Bonchev–Trinajstić information content (AvgIpc) is 2.88. The van der Waals surface area contributed by atoms with Crippen LogP contribution < -0.4 is 4.90 Å². The minimum absolute atomic E-state index is 0.0213. The van der Waals surface area contributed by atoms with Gasteiger partial charge in [-0.3, -0.25) is 9.59 Å². The molecule has 2 aliphatic rings. The number of carbonyl (C=O) groups excluding carboxylic acids is 2. The number of sulfonamides is 1. The maximum absolute atomic E-state index is 12.6. The van der Waals surface area contributed by atoms with E-state index in [2.05, 4.69) is 0 Å². The first kappa shape index (κ1) is 16.9. The molecule has 0 saturated carbocycles. The molecule has 24 heavy (non-hydrogen) atoms. The van der Waals surface area contributed by atoms with Gasteiger partial charge >= 0.3 is 0 Å². The van der Waals surface area contributed by atoms with E-state index in [1.54, 1.807) is 42.0 Å². The van der Waals surface area contributed by atoms with Crippen molar-refractivity contribution in [2.24, 2.45) is 0 Å². The molecule has 1 saturated heterocycles. The van der Waals surface area contributed by atoms with Crippen molar-refractivity contribution < 1.29 is 18.0 Å². The Morgan fingerprint density at radius 1 is 1.17 bits per heavy atom. The van der Waals surface area contributed by atoms with Crippen LogP contribution in [0.3, 0.4) is 0 Å². The molecular weight excluding hydrogens is 330 g/mol. The normalized spacial score (nSPS) is 18.8. The third-order valence-electron chi connectivity index (χ3n) is 4.69. The Hall–Kier alpha value is -1.93. The number of piperazine rings is 1. The van der Waals surface area contributed by atoms with Crippen LogP contribution in [0.25, 0.3) is 0 Å². The summed E-state index contributed by atoms with van der Waals surface area (Å²) in [4.78, 5) is 27.7. The number of benzene rings is 1. The molecule has 0 aliphatic carbocycles. The zero-order valence-corrected chi connectivity index (χ0v) is 14.7. The zero-order chi connectivity index (χ0) is 17.5. The van der Waals surface area contributed by atoms with E-state index in [4.69, 9.17) is 0 Å². The van der Waals surface area contributed by atoms with Gasteiger partial charge in [0.15, 0.2) is 0 Å². The van der Waals surface area contributed by atoms with E-state index in [0.717, 1.165) is 11.3 Å². The molecule has 0 aromatic heterocycles. The fourth-order valence-electron chi connectivity index (χ4n) is 3.14. The Kier molecular flexibility index (Phi) is 4.35. The highest BCUT2D eigenvalue weighted by molar-refractivity contribution is 7.89. The molecule has 1 aromatic rings. The van der Waals surface area contributed by atoms with Gasteiger partial charge in [-0.25, -0.2) is 8.42 Å². The summed E-state index contributed by atoms with van der Waals surface area (Å²) in [6, 6.07) is 5.30. The van der Waals surface area contributed by atoms with Gasteiger partial charge in [0.1, 0.15) is 0 Å². The minimum atomic E-state index is -3.20. The molecule has 0 spiro atoms. The SMILES string of the molecule is CCS(=O)(=O)N1CCN(C(=O)c2ccc3c(c2)CC(=O)N3C)CC1. The second kappa shape index (κ2) is 6.18. The summed E-state index contributed by atoms with van der Waals surface area (Å²) in [6.45, 7) is 3.04. The van der Waals surface area contributed by atoms with Crippen molar-refractivity contribution >= 4 is 27.5 Å². The van der Waals surface area contributed by atoms with Crippen molar-refractivity contribution in [1.29, 1.82) is 0 Å². The summed E-state index contributed by atoms with van der Waals surface area (Å²) in [5.41, 5.74) is 2.25. The molecule has 0 unspecified atom stereocenters. The molecule has 1 aromatic carbocycles. The lowest BCUT2D eigenvalue weighted by atomic mass is 10.1. The maximum Gasteiger partial charge on any atom is 0.253 e. The van der Waals surface area contributed by atoms with Crippen molar-refractivity contribution in [3.63, 3.8) is 0 Å². The summed E-state index contributed by atoms with van der Waals surface area (Å²) in [7, 11) is -1.48. The largest absolute Gasteiger partial charge is 0.336 e. The molecule has 1 fully saturated rings.